The van der Waals surface area contributed by atoms with Gasteiger partial charge in [0.25, 0.3) is 0 Å². The first-order chi connectivity index (χ1) is 13.9. The molecule has 0 saturated carbocycles. The van der Waals surface area contributed by atoms with E-state index >= 15 is 0 Å². The van der Waals surface area contributed by atoms with Crippen LogP contribution >= 0.6 is 11.3 Å². The van der Waals surface area contributed by atoms with E-state index in [1.807, 2.05) is 54.8 Å². The van der Waals surface area contributed by atoms with Crippen molar-refractivity contribution < 1.29 is 13.2 Å². The predicted molar refractivity (Wildman–Crippen MR) is 116 cm³/mol. The Balaban J connectivity index is 1.50. The van der Waals surface area contributed by atoms with Crippen molar-refractivity contribution in [2.45, 2.75) is 31.2 Å². The summed E-state index contributed by atoms with van der Waals surface area (Å²) in [6.07, 6.45) is 0.993. The monoisotopic (exact) mass is 426 g/mol. The molecule has 0 unspecified atom stereocenters. The Bertz CT molecular complexity index is 1120. The van der Waals surface area contributed by atoms with Crippen molar-refractivity contribution in [3.63, 3.8) is 0 Å². The first-order valence-electron chi connectivity index (χ1n) is 9.43. The molecule has 1 aliphatic rings. The minimum absolute atomic E-state index is 0.0765. The number of fused-ring (bicyclic) bond motifs is 1. The quantitative estimate of drug-likeness (QED) is 0.671. The average molecular weight is 427 g/mol. The highest BCUT2D eigenvalue weighted by molar-refractivity contribution is 7.89. The van der Waals surface area contributed by atoms with Gasteiger partial charge in [-0.15, -0.1) is 11.3 Å². The van der Waals surface area contributed by atoms with E-state index in [4.69, 9.17) is 0 Å². The molecule has 0 atom stereocenters. The summed E-state index contributed by atoms with van der Waals surface area (Å²) in [4.78, 5) is 13.6. The summed E-state index contributed by atoms with van der Waals surface area (Å²) < 4.78 is 27.5. The van der Waals surface area contributed by atoms with Crippen molar-refractivity contribution in [2.75, 3.05) is 11.9 Å². The molecule has 29 heavy (non-hydrogen) atoms. The molecular weight excluding hydrogens is 404 g/mol. The van der Waals surface area contributed by atoms with Gasteiger partial charge in [-0.05, 0) is 60.2 Å². The SMILES string of the molecule is Cc1ccc(S(=O)(=O)N2CCc3ccc(NC(=O)Cc4cccs4)cc3C2)cc1. The second-order valence-electron chi connectivity index (χ2n) is 7.19. The minimum atomic E-state index is -3.54. The lowest BCUT2D eigenvalue weighted by atomic mass is 10.0. The molecule has 4 rings (SSSR count). The topological polar surface area (TPSA) is 66.5 Å². The summed E-state index contributed by atoms with van der Waals surface area (Å²) in [6.45, 7) is 2.69. The summed E-state index contributed by atoms with van der Waals surface area (Å²) in [5.74, 6) is -0.0765. The van der Waals surface area contributed by atoms with Gasteiger partial charge >= 0.3 is 0 Å². The first-order valence-corrected chi connectivity index (χ1v) is 11.7. The second-order valence-corrected chi connectivity index (χ2v) is 10.2. The summed E-state index contributed by atoms with van der Waals surface area (Å²) in [7, 11) is -3.54. The maximum atomic E-state index is 13.0. The molecule has 0 bridgehead atoms. The average Bonchev–Trinajstić information content (AvgIpc) is 3.20. The van der Waals surface area contributed by atoms with E-state index in [9.17, 15) is 13.2 Å². The number of anilines is 1. The molecule has 1 amide bonds. The Morgan fingerprint density at radius 1 is 1.10 bits per heavy atom. The Morgan fingerprint density at radius 2 is 1.90 bits per heavy atom. The molecule has 1 aromatic heterocycles. The van der Waals surface area contributed by atoms with Crippen LogP contribution in [0.2, 0.25) is 0 Å². The van der Waals surface area contributed by atoms with Crippen molar-refractivity contribution in [1.82, 2.24) is 4.31 Å². The molecule has 0 fully saturated rings. The number of aryl methyl sites for hydroxylation is 1. The number of sulfonamides is 1. The maximum Gasteiger partial charge on any atom is 0.243 e. The van der Waals surface area contributed by atoms with Gasteiger partial charge in [-0.2, -0.15) is 4.31 Å². The van der Waals surface area contributed by atoms with E-state index in [1.54, 1.807) is 23.5 Å². The van der Waals surface area contributed by atoms with Crippen molar-refractivity contribution in [3.8, 4) is 0 Å². The first kappa shape index (κ1) is 19.8. The lowest BCUT2D eigenvalue weighted by molar-refractivity contribution is -0.115. The van der Waals surface area contributed by atoms with E-state index < -0.39 is 10.0 Å². The highest BCUT2D eigenvalue weighted by atomic mass is 32.2. The van der Waals surface area contributed by atoms with Crippen LogP contribution in [0.5, 0.6) is 0 Å². The smallest absolute Gasteiger partial charge is 0.243 e. The van der Waals surface area contributed by atoms with E-state index in [0.717, 1.165) is 21.6 Å². The summed E-state index contributed by atoms with van der Waals surface area (Å²) >= 11 is 1.55. The van der Waals surface area contributed by atoms with Gasteiger partial charge in [-0.25, -0.2) is 8.42 Å². The molecule has 0 radical (unpaired) electrons. The van der Waals surface area contributed by atoms with Crippen LogP contribution in [0.3, 0.4) is 0 Å². The zero-order chi connectivity index (χ0) is 20.4. The number of carbonyl (C=O) groups excluding carboxylic acids is 1. The third kappa shape index (κ3) is 4.42. The molecule has 1 aliphatic heterocycles. The van der Waals surface area contributed by atoms with Crippen molar-refractivity contribution in [3.05, 3.63) is 81.5 Å². The maximum absolute atomic E-state index is 13.0. The molecule has 5 nitrogen and oxygen atoms in total. The summed E-state index contributed by atoms with van der Waals surface area (Å²) in [6, 6.07) is 16.5. The van der Waals surface area contributed by atoms with Gasteiger partial charge < -0.3 is 5.32 Å². The third-order valence-electron chi connectivity index (χ3n) is 5.04. The fourth-order valence-corrected chi connectivity index (χ4v) is 5.57. The number of hydrogen-bond acceptors (Lipinski definition) is 4. The van der Waals surface area contributed by atoms with Crippen LogP contribution in [0.15, 0.2) is 64.9 Å². The van der Waals surface area contributed by atoms with Crippen molar-refractivity contribution in [2.24, 2.45) is 0 Å². The van der Waals surface area contributed by atoms with Crippen LogP contribution in [0, 0.1) is 6.92 Å². The largest absolute Gasteiger partial charge is 0.326 e. The van der Waals surface area contributed by atoms with Gasteiger partial charge in [0.1, 0.15) is 0 Å². The number of rotatable bonds is 5. The number of amides is 1. The van der Waals surface area contributed by atoms with Gasteiger partial charge in [0.05, 0.1) is 11.3 Å². The number of hydrogen-bond donors (Lipinski definition) is 1. The van der Waals surface area contributed by atoms with Crippen LogP contribution in [0.25, 0.3) is 0 Å². The highest BCUT2D eigenvalue weighted by Gasteiger charge is 2.28. The second kappa shape index (κ2) is 8.10. The number of nitrogens with zero attached hydrogens (tertiary/aromatic N) is 1. The van der Waals surface area contributed by atoms with Crippen LogP contribution in [0.4, 0.5) is 5.69 Å². The van der Waals surface area contributed by atoms with Crippen LogP contribution < -0.4 is 5.32 Å². The van der Waals surface area contributed by atoms with E-state index in [1.165, 1.54) is 4.31 Å². The number of benzene rings is 2. The molecule has 7 heteroatoms. The zero-order valence-corrected chi connectivity index (χ0v) is 17.7. The molecule has 2 aromatic carbocycles. The number of nitrogens with one attached hydrogen (secondary N) is 1. The van der Waals surface area contributed by atoms with Crippen LogP contribution in [-0.4, -0.2) is 25.2 Å². The van der Waals surface area contributed by atoms with Crippen LogP contribution in [-0.2, 0) is 34.2 Å². The highest BCUT2D eigenvalue weighted by Crippen LogP contribution is 2.27. The Kier molecular flexibility index (Phi) is 5.54. The predicted octanol–water partition coefficient (Wildman–Crippen LogP) is 3.98. The fraction of sp³-hybridized carbons (Fsp3) is 0.227. The molecular formula is C22H22N2O3S2. The Labute approximate surface area is 175 Å². The van der Waals surface area contributed by atoms with Gasteiger partial charge in [0, 0.05) is 23.7 Å². The molecule has 150 valence electrons. The van der Waals surface area contributed by atoms with Crippen LogP contribution in [0.1, 0.15) is 21.6 Å². The Morgan fingerprint density at radius 3 is 2.62 bits per heavy atom. The minimum Gasteiger partial charge on any atom is -0.326 e. The zero-order valence-electron chi connectivity index (χ0n) is 16.1. The third-order valence-corrected chi connectivity index (χ3v) is 7.78. The fourth-order valence-electron chi connectivity index (χ4n) is 3.45. The molecule has 0 spiro atoms. The molecule has 3 aromatic rings. The van der Waals surface area contributed by atoms with E-state index in [-0.39, 0.29) is 5.91 Å². The van der Waals surface area contributed by atoms with E-state index in [2.05, 4.69) is 5.32 Å². The molecule has 0 aliphatic carbocycles. The lowest BCUT2D eigenvalue weighted by Crippen LogP contribution is -2.36. The standard InChI is InChI=1S/C22H22N2O3S2/c1-16-4-8-21(9-5-16)29(26,27)24-11-10-17-6-7-19(13-18(17)15-24)23-22(25)14-20-3-2-12-28-20/h2-9,12-13H,10-11,14-15H2,1H3,(H,23,25). The van der Waals surface area contributed by atoms with Gasteiger partial charge in [0.2, 0.25) is 15.9 Å². The number of thiophene rings is 1. The molecule has 0 saturated heterocycles. The molecule has 1 N–H and O–H groups in total. The van der Waals surface area contributed by atoms with Gasteiger partial charge in [-0.1, -0.05) is 29.8 Å². The van der Waals surface area contributed by atoms with E-state index in [0.29, 0.717) is 36.5 Å². The summed E-state index contributed by atoms with van der Waals surface area (Å²) in [5, 5.41) is 4.87. The Hall–Kier alpha value is -2.48. The normalized spacial score (nSPS) is 14.4. The lowest BCUT2D eigenvalue weighted by Gasteiger charge is -2.28. The van der Waals surface area contributed by atoms with Crippen molar-refractivity contribution >= 4 is 33.0 Å². The van der Waals surface area contributed by atoms with Gasteiger partial charge in [0.15, 0.2) is 0 Å². The van der Waals surface area contributed by atoms with Crippen molar-refractivity contribution in [1.29, 1.82) is 0 Å². The number of carbonyl (C=O) groups is 1. The van der Waals surface area contributed by atoms with Gasteiger partial charge in [-0.3, -0.25) is 4.79 Å². The molecule has 2 heterocycles. The summed E-state index contributed by atoms with van der Waals surface area (Å²) in [5.41, 5.74) is 3.77.